The van der Waals surface area contributed by atoms with Crippen molar-refractivity contribution in [1.29, 1.82) is 0 Å². The first kappa shape index (κ1) is 10.7. The van der Waals surface area contributed by atoms with Gasteiger partial charge in [0, 0.05) is 13.0 Å². The van der Waals surface area contributed by atoms with E-state index in [1.54, 1.807) is 6.07 Å². The Hall–Kier alpha value is -2.44. The molecule has 1 aromatic carbocycles. The van der Waals surface area contributed by atoms with Crippen LogP contribution in [0.4, 0.5) is 10.3 Å². The number of rotatable bonds is 4. The van der Waals surface area contributed by atoms with Crippen LogP contribution in [-0.4, -0.2) is 31.7 Å². The molecule has 3 aromatic rings. The molecule has 0 amide bonds. The minimum Gasteiger partial charge on any atom is -0.355 e. The van der Waals surface area contributed by atoms with Crippen LogP contribution in [0.3, 0.4) is 0 Å². The molecule has 2 heterocycles. The van der Waals surface area contributed by atoms with Crippen LogP contribution in [0.25, 0.3) is 11.0 Å². The summed E-state index contributed by atoms with van der Waals surface area (Å²) in [6.07, 6.45) is 2.19. The van der Waals surface area contributed by atoms with Crippen LogP contribution >= 0.6 is 0 Å². The fourth-order valence-corrected chi connectivity index (χ4v) is 1.72. The maximum atomic E-state index is 13.0. The second kappa shape index (κ2) is 4.44. The predicted molar refractivity (Wildman–Crippen MR) is 64.6 cm³/mol. The van der Waals surface area contributed by atoms with Crippen molar-refractivity contribution in [3.8, 4) is 0 Å². The normalized spacial score (nSPS) is 10.9. The Bertz CT molecular complexity index is 645. The zero-order valence-electron chi connectivity index (χ0n) is 9.44. The first-order valence-corrected chi connectivity index (χ1v) is 5.54. The van der Waals surface area contributed by atoms with Gasteiger partial charge in [-0.3, -0.25) is 5.10 Å². The number of anilines is 1. The summed E-state index contributed by atoms with van der Waals surface area (Å²) in [7, 11) is 0. The molecule has 0 fully saturated rings. The number of benzene rings is 1. The van der Waals surface area contributed by atoms with Crippen molar-refractivity contribution in [3.05, 3.63) is 36.2 Å². The van der Waals surface area contributed by atoms with Gasteiger partial charge in [-0.15, -0.1) is 0 Å². The van der Waals surface area contributed by atoms with Crippen LogP contribution in [-0.2, 0) is 6.42 Å². The van der Waals surface area contributed by atoms with E-state index in [0.717, 1.165) is 11.3 Å². The smallest absolute Gasteiger partial charge is 0.201 e. The Balaban J connectivity index is 1.67. The highest BCUT2D eigenvalue weighted by Crippen LogP contribution is 2.15. The molecule has 0 saturated carbocycles. The molecule has 0 bridgehead atoms. The molecule has 0 aliphatic carbocycles. The third-order valence-corrected chi connectivity index (χ3v) is 2.56. The lowest BCUT2D eigenvalue weighted by Gasteiger charge is -1.99. The van der Waals surface area contributed by atoms with Crippen LogP contribution in [0.15, 0.2) is 24.5 Å². The fraction of sp³-hybridized carbons (Fsp3) is 0.182. The van der Waals surface area contributed by atoms with E-state index in [1.165, 1.54) is 18.5 Å². The van der Waals surface area contributed by atoms with Gasteiger partial charge in [-0.1, -0.05) is 0 Å². The highest BCUT2D eigenvalue weighted by molar-refractivity contribution is 5.77. The topological polar surface area (TPSA) is 82.3 Å². The molecule has 0 atom stereocenters. The van der Waals surface area contributed by atoms with Crippen molar-refractivity contribution in [2.24, 2.45) is 0 Å². The first-order chi connectivity index (χ1) is 8.81. The van der Waals surface area contributed by atoms with Gasteiger partial charge in [-0.25, -0.2) is 14.4 Å². The largest absolute Gasteiger partial charge is 0.355 e. The summed E-state index contributed by atoms with van der Waals surface area (Å²) in [4.78, 5) is 11.3. The molecule has 0 aliphatic rings. The first-order valence-electron chi connectivity index (χ1n) is 5.54. The second-order valence-corrected chi connectivity index (χ2v) is 3.86. The Morgan fingerprint density at radius 3 is 3.11 bits per heavy atom. The molecule has 6 nitrogen and oxygen atoms in total. The van der Waals surface area contributed by atoms with Crippen molar-refractivity contribution in [2.75, 3.05) is 11.9 Å². The van der Waals surface area contributed by atoms with E-state index in [4.69, 9.17) is 0 Å². The summed E-state index contributed by atoms with van der Waals surface area (Å²) in [6.45, 7) is 0.664. The third-order valence-electron chi connectivity index (χ3n) is 2.56. The van der Waals surface area contributed by atoms with Crippen LogP contribution in [0.1, 0.15) is 5.82 Å². The van der Waals surface area contributed by atoms with E-state index in [2.05, 4.69) is 30.5 Å². The molecule has 0 radical (unpaired) electrons. The molecular weight excluding hydrogens is 235 g/mol. The zero-order chi connectivity index (χ0) is 12.4. The third kappa shape index (κ3) is 2.15. The van der Waals surface area contributed by atoms with E-state index in [9.17, 15) is 4.39 Å². The van der Waals surface area contributed by atoms with Crippen LogP contribution in [0, 0.1) is 5.82 Å². The SMILES string of the molecule is Fc1ccc2nc(NCCc3ncn[nH]3)[nH]c2c1. The Labute approximate surface area is 102 Å². The van der Waals surface area contributed by atoms with Crippen LogP contribution in [0.5, 0.6) is 0 Å². The van der Waals surface area contributed by atoms with Crippen LogP contribution < -0.4 is 5.32 Å². The van der Waals surface area contributed by atoms with Gasteiger partial charge in [0.1, 0.15) is 18.0 Å². The van der Waals surface area contributed by atoms with Gasteiger partial charge in [0.15, 0.2) is 0 Å². The summed E-state index contributed by atoms with van der Waals surface area (Å²) >= 11 is 0. The molecule has 0 aliphatic heterocycles. The molecule has 2 aromatic heterocycles. The molecule has 92 valence electrons. The molecule has 0 spiro atoms. The van der Waals surface area contributed by atoms with Gasteiger partial charge in [-0.05, 0) is 18.2 Å². The quantitative estimate of drug-likeness (QED) is 0.651. The molecule has 3 N–H and O–H groups in total. The number of hydrogen-bond donors (Lipinski definition) is 3. The predicted octanol–water partition coefficient (Wildman–Crippen LogP) is 1.47. The minimum absolute atomic E-state index is 0.278. The average molecular weight is 246 g/mol. The lowest BCUT2D eigenvalue weighted by molar-refractivity contribution is 0.629. The Morgan fingerprint density at radius 1 is 1.33 bits per heavy atom. The maximum absolute atomic E-state index is 13.0. The van der Waals surface area contributed by atoms with E-state index >= 15 is 0 Å². The maximum Gasteiger partial charge on any atom is 0.201 e. The van der Waals surface area contributed by atoms with Crippen LogP contribution in [0.2, 0.25) is 0 Å². The number of nitrogens with zero attached hydrogens (tertiary/aromatic N) is 3. The van der Waals surface area contributed by atoms with E-state index in [0.29, 0.717) is 24.4 Å². The number of halogens is 1. The highest BCUT2D eigenvalue weighted by Gasteiger charge is 2.03. The van der Waals surface area contributed by atoms with Crippen molar-refractivity contribution in [1.82, 2.24) is 25.1 Å². The van der Waals surface area contributed by atoms with Gasteiger partial charge in [0.05, 0.1) is 11.0 Å². The average Bonchev–Trinajstić information content (AvgIpc) is 2.97. The van der Waals surface area contributed by atoms with Gasteiger partial charge in [-0.2, -0.15) is 5.10 Å². The number of H-pyrrole nitrogens is 2. The Morgan fingerprint density at radius 2 is 2.28 bits per heavy atom. The lowest BCUT2D eigenvalue weighted by Crippen LogP contribution is -2.07. The van der Waals surface area contributed by atoms with Crippen molar-refractivity contribution in [3.63, 3.8) is 0 Å². The molecule has 18 heavy (non-hydrogen) atoms. The van der Waals surface area contributed by atoms with Gasteiger partial charge < -0.3 is 10.3 Å². The number of aromatic amines is 2. The zero-order valence-corrected chi connectivity index (χ0v) is 9.44. The summed E-state index contributed by atoms with van der Waals surface area (Å²) < 4.78 is 13.0. The monoisotopic (exact) mass is 246 g/mol. The molecule has 7 heteroatoms. The van der Waals surface area contributed by atoms with E-state index in [-0.39, 0.29) is 5.82 Å². The van der Waals surface area contributed by atoms with E-state index in [1.807, 2.05) is 0 Å². The van der Waals surface area contributed by atoms with Gasteiger partial charge >= 0.3 is 0 Å². The summed E-state index contributed by atoms with van der Waals surface area (Å²) in [5, 5.41) is 9.65. The van der Waals surface area contributed by atoms with Gasteiger partial charge in [0.25, 0.3) is 0 Å². The summed E-state index contributed by atoms with van der Waals surface area (Å²) in [5.41, 5.74) is 1.41. The molecule has 0 saturated heterocycles. The molecule has 3 rings (SSSR count). The minimum atomic E-state index is -0.278. The number of imidazole rings is 1. The number of nitrogens with one attached hydrogen (secondary N) is 3. The second-order valence-electron chi connectivity index (χ2n) is 3.86. The molecular formula is C11H11FN6. The summed E-state index contributed by atoms with van der Waals surface area (Å²) in [6, 6.07) is 4.45. The highest BCUT2D eigenvalue weighted by atomic mass is 19.1. The number of fused-ring (bicyclic) bond motifs is 1. The standard InChI is InChI=1S/C11H11FN6/c12-7-1-2-8-9(5-7)17-11(16-8)13-4-3-10-14-6-15-18-10/h1-2,5-6H,3-4H2,(H2,13,16,17)(H,14,15,18). The number of aromatic nitrogens is 5. The number of hydrogen-bond acceptors (Lipinski definition) is 4. The lowest BCUT2D eigenvalue weighted by atomic mass is 10.3. The van der Waals surface area contributed by atoms with Crippen molar-refractivity contribution < 1.29 is 4.39 Å². The molecule has 0 unspecified atom stereocenters. The van der Waals surface area contributed by atoms with Crippen molar-refractivity contribution in [2.45, 2.75) is 6.42 Å². The van der Waals surface area contributed by atoms with E-state index < -0.39 is 0 Å². The fourth-order valence-electron chi connectivity index (χ4n) is 1.72. The van der Waals surface area contributed by atoms with Gasteiger partial charge in [0.2, 0.25) is 5.95 Å². The van der Waals surface area contributed by atoms with Crippen molar-refractivity contribution >= 4 is 17.0 Å². The Kier molecular flexibility index (Phi) is 2.64. The summed E-state index contributed by atoms with van der Waals surface area (Å²) in [5.74, 6) is 1.15.